The molecule has 0 saturated carbocycles. The summed E-state index contributed by atoms with van der Waals surface area (Å²) in [5.74, 6) is -1.45. The average Bonchev–Trinajstić information content (AvgIpc) is 2.64. The van der Waals surface area contributed by atoms with Gasteiger partial charge in [-0.25, -0.2) is 0 Å². The van der Waals surface area contributed by atoms with Gasteiger partial charge in [0.05, 0.1) is 5.92 Å². The van der Waals surface area contributed by atoms with Crippen LogP contribution in [-0.2, 0) is 11.8 Å². The second kappa shape index (κ2) is 5.34. The number of aryl methyl sites for hydroxylation is 1. The third kappa shape index (κ3) is 3.12. The SMILES string of the molecule is CC(CCNC(=O)c1cccn1C)C(=O)O. The van der Waals surface area contributed by atoms with Gasteiger partial charge in [0, 0.05) is 19.8 Å². The lowest BCUT2D eigenvalue weighted by atomic mass is 10.1. The van der Waals surface area contributed by atoms with Crippen LogP contribution in [0.25, 0.3) is 0 Å². The maximum Gasteiger partial charge on any atom is 0.306 e. The van der Waals surface area contributed by atoms with E-state index in [1.807, 2.05) is 0 Å². The summed E-state index contributed by atoms with van der Waals surface area (Å²) >= 11 is 0. The predicted molar refractivity (Wildman–Crippen MR) is 59.2 cm³/mol. The molecule has 1 atom stereocenters. The summed E-state index contributed by atoms with van der Waals surface area (Å²) in [7, 11) is 1.79. The first-order valence-electron chi connectivity index (χ1n) is 5.14. The smallest absolute Gasteiger partial charge is 0.306 e. The number of carbonyl (C=O) groups excluding carboxylic acids is 1. The molecule has 0 bridgehead atoms. The van der Waals surface area contributed by atoms with E-state index in [0.29, 0.717) is 18.7 Å². The molecule has 0 spiro atoms. The first kappa shape index (κ1) is 12.3. The number of rotatable bonds is 5. The molecule has 88 valence electrons. The van der Waals surface area contributed by atoms with Gasteiger partial charge in [0.1, 0.15) is 5.69 Å². The third-order valence-electron chi connectivity index (χ3n) is 2.46. The number of carboxylic acid groups (broad SMARTS) is 1. The fraction of sp³-hybridized carbons (Fsp3) is 0.455. The summed E-state index contributed by atoms with van der Waals surface area (Å²) in [6.07, 6.45) is 2.22. The Labute approximate surface area is 94.1 Å². The van der Waals surface area contributed by atoms with Gasteiger partial charge in [-0.2, -0.15) is 0 Å². The van der Waals surface area contributed by atoms with Crippen LogP contribution >= 0.6 is 0 Å². The molecule has 1 amide bonds. The maximum absolute atomic E-state index is 11.6. The van der Waals surface area contributed by atoms with Gasteiger partial charge in [0.25, 0.3) is 5.91 Å². The molecule has 0 radical (unpaired) electrons. The third-order valence-corrected chi connectivity index (χ3v) is 2.46. The minimum atomic E-state index is -0.840. The molecule has 1 unspecified atom stereocenters. The van der Waals surface area contributed by atoms with E-state index in [4.69, 9.17) is 5.11 Å². The Balaban J connectivity index is 2.37. The summed E-state index contributed by atoms with van der Waals surface area (Å²) < 4.78 is 1.72. The van der Waals surface area contributed by atoms with Crippen molar-refractivity contribution in [3.8, 4) is 0 Å². The Bertz CT molecular complexity index is 384. The van der Waals surface area contributed by atoms with Crippen molar-refractivity contribution in [1.82, 2.24) is 9.88 Å². The van der Waals surface area contributed by atoms with Crippen molar-refractivity contribution in [2.75, 3.05) is 6.54 Å². The topological polar surface area (TPSA) is 71.3 Å². The Hall–Kier alpha value is -1.78. The quantitative estimate of drug-likeness (QED) is 0.779. The number of amides is 1. The van der Waals surface area contributed by atoms with Crippen LogP contribution in [0.1, 0.15) is 23.8 Å². The maximum atomic E-state index is 11.6. The van der Waals surface area contributed by atoms with E-state index in [-0.39, 0.29) is 5.91 Å². The molecule has 1 heterocycles. The van der Waals surface area contributed by atoms with Gasteiger partial charge in [-0.15, -0.1) is 0 Å². The Morgan fingerprint density at radius 2 is 2.25 bits per heavy atom. The highest BCUT2D eigenvalue weighted by Crippen LogP contribution is 2.02. The Kier molecular flexibility index (Phi) is 4.10. The van der Waals surface area contributed by atoms with Gasteiger partial charge >= 0.3 is 5.97 Å². The number of aliphatic carboxylic acids is 1. The molecule has 1 aromatic heterocycles. The Morgan fingerprint density at radius 1 is 1.56 bits per heavy atom. The molecule has 1 aromatic rings. The van der Waals surface area contributed by atoms with E-state index < -0.39 is 11.9 Å². The molecular weight excluding hydrogens is 208 g/mol. The van der Waals surface area contributed by atoms with Gasteiger partial charge in [-0.05, 0) is 18.6 Å². The number of hydrogen-bond donors (Lipinski definition) is 2. The van der Waals surface area contributed by atoms with E-state index >= 15 is 0 Å². The van der Waals surface area contributed by atoms with Crippen molar-refractivity contribution >= 4 is 11.9 Å². The molecule has 5 nitrogen and oxygen atoms in total. The summed E-state index contributed by atoms with van der Waals surface area (Å²) in [5.41, 5.74) is 0.572. The van der Waals surface area contributed by atoms with Crippen LogP contribution in [0.5, 0.6) is 0 Å². The molecule has 2 N–H and O–H groups in total. The standard InChI is InChI=1S/C11H16N2O3/c1-8(11(15)16)5-6-12-10(14)9-4-3-7-13(9)2/h3-4,7-8H,5-6H2,1-2H3,(H,12,14)(H,15,16). The summed E-state index contributed by atoms with van der Waals surface area (Å²) in [6, 6.07) is 3.50. The summed E-state index contributed by atoms with van der Waals surface area (Å²) in [6.45, 7) is 1.99. The fourth-order valence-electron chi connectivity index (χ4n) is 1.31. The zero-order valence-electron chi connectivity index (χ0n) is 9.43. The van der Waals surface area contributed by atoms with E-state index in [9.17, 15) is 9.59 Å². The minimum absolute atomic E-state index is 0.176. The molecular formula is C11H16N2O3. The zero-order chi connectivity index (χ0) is 12.1. The average molecular weight is 224 g/mol. The van der Waals surface area contributed by atoms with E-state index in [2.05, 4.69) is 5.32 Å². The normalized spacial score (nSPS) is 12.1. The lowest BCUT2D eigenvalue weighted by Crippen LogP contribution is -2.28. The number of carbonyl (C=O) groups is 2. The molecule has 0 aliphatic rings. The number of hydrogen-bond acceptors (Lipinski definition) is 2. The highest BCUT2D eigenvalue weighted by Gasteiger charge is 2.12. The molecule has 1 rings (SSSR count). The van der Waals surface area contributed by atoms with Crippen LogP contribution in [0.2, 0.25) is 0 Å². The minimum Gasteiger partial charge on any atom is -0.481 e. The molecule has 0 aliphatic carbocycles. The van der Waals surface area contributed by atoms with Gasteiger partial charge in [0.2, 0.25) is 0 Å². The molecule has 0 aliphatic heterocycles. The second-order valence-corrected chi connectivity index (χ2v) is 3.79. The van der Waals surface area contributed by atoms with Crippen molar-refractivity contribution in [1.29, 1.82) is 0 Å². The van der Waals surface area contributed by atoms with Gasteiger partial charge in [-0.1, -0.05) is 6.92 Å². The molecule has 0 aromatic carbocycles. The van der Waals surface area contributed by atoms with Gasteiger partial charge < -0.3 is 15.0 Å². The van der Waals surface area contributed by atoms with Gasteiger partial charge in [-0.3, -0.25) is 9.59 Å². The van der Waals surface area contributed by atoms with Crippen molar-refractivity contribution in [2.45, 2.75) is 13.3 Å². The van der Waals surface area contributed by atoms with Gasteiger partial charge in [0.15, 0.2) is 0 Å². The van der Waals surface area contributed by atoms with E-state index in [1.165, 1.54) is 0 Å². The van der Waals surface area contributed by atoms with Crippen LogP contribution in [0.3, 0.4) is 0 Å². The summed E-state index contributed by atoms with van der Waals surface area (Å²) in [5, 5.41) is 11.3. The van der Waals surface area contributed by atoms with Crippen molar-refractivity contribution in [3.63, 3.8) is 0 Å². The number of aromatic nitrogens is 1. The lowest BCUT2D eigenvalue weighted by molar-refractivity contribution is -0.141. The second-order valence-electron chi connectivity index (χ2n) is 3.79. The van der Waals surface area contributed by atoms with Crippen LogP contribution in [0.4, 0.5) is 0 Å². The molecule has 0 saturated heterocycles. The summed E-state index contributed by atoms with van der Waals surface area (Å²) in [4.78, 5) is 22.1. The Morgan fingerprint density at radius 3 is 2.75 bits per heavy atom. The van der Waals surface area contributed by atoms with Crippen molar-refractivity contribution in [2.24, 2.45) is 13.0 Å². The molecule has 16 heavy (non-hydrogen) atoms. The highest BCUT2D eigenvalue weighted by molar-refractivity contribution is 5.92. The fourth-order valence-corrected chi connectivity index (χ4v) is 1.31. The number of nitrogens with one attached hydrogen (secondary N) is 1. The molecule has 0 fully saturated rings. The number of carboxylic acids is 1. The van der Waals surface area contributed by atoms with Crippen molar-refractivity contribution in [3.05, 3.63) is 24.0 Å². The van der Waals surface area contributed by atoms with Crippen LogP contribution in [0.15, 0.2) is 18.3 Å². The zero-order valence-corrected chi connectivity index (χ0v) is 9.43. The first-order chi connectivity index (χ1) is 7.52. The van der Waals surface area contributed by atoms with Crippen molar-refractivity contribution < 1.29 is 14.7 Å². The highest BCUT2D eigenvalue weighted by atomic mass is 16.4. The number of nitrogens with zero attached hydrogens (tertiary/aromatic N) is 1. The van der Waals surface area contributed by atoms with Crippen LogP contribution < -0.4 is 5.32 Å². The predicted octanol–water partition coefficient (Wildman–Crippen LogP) is 0.866. The van der Waals surface area contributed by atoms with Crippen LogP contribution in [-0.4, -0.2) is 28.1 Å². The molecule has 5 heteroatoms. The monoisotopic (exact) mass is 224 g/mol. The van der Waals surface area contributed by atoms with E-state index in [1.54, 1.807) is 36.9 Å². The lowest BCUT2D eigenvalue weighted by Gasteiger charge is -2.08. The largest absolute Gasteiger partial charge is 0.481 e. The van der Waals surface area contributed by atoms with Crippen LogP contribution in [0, 0.1) is 5.92 Å². The first-order valence-corrected chi connectivity index (χ1v) is 5.14. The van der Waals surface area contributed by atoms with E-state index in [0.717, 1.165) is 0 Å².